The Kier molecular flexibility index (Phi) is 19.9. The summed E-state index contributed by atoms with van der Waals surface area (Å²) < 4.78 is 48.7. The predicted octanol–water partition coefficient (Wildman–Crippen LogP) is 3.16. The average Bonchev–Trinajstić information content (AvgIpc) is 3.13. The molecular weight excluding hydrogens is 758 g/mol. The van der Waals surface area contributed by atoms with Crippen LogP contribution in [0.1, 0.15) is 99.8 Å². The topological polar surface area (TPSA) is 206 Å². The van der Waals surface area contributed by atoms with E-state index in [4.69, 9.17) is 37.9 Å². The number of allylic oxidation sites excluding steroid dienone is 2. The molecule has 0 saturated carbocycles. The van der Waals surface area contributed by atoms with Gasteiger partial charge < -0.3 is 62.9 Å². The third kappa shape index (κ3) is 13.9. The maximum atomic E-state index is 13.3. The second-order valence-corrected chi connectivity index (χ2v) is 16.3. The summed E-state index contributed by atoms with van der Waals surface area (Å²) in [6.45, 7) is 12.0. The van der Waals surface area contributed by atoms with Crippen molar-refractivity contribution in [3.05, 3.63) is 24.3 Å². The summed E-state index contributed by atoms with van der Waals surface area (Å²) in [7, 11) is 4.87. The number of nitrogens with zero attached hydrogens (tertiary/aromatic N) is 1. The van der Waals surface area contributed by atoms with Gasteiger partial charge in [-0.25, -0.2) is 0 Å². The van der Waals surface area contributed by atoms with Crippen LogP contribution >= 0.6 is 0 Å². The number of aldehydes is 1. The molecule has 3 aliphatic heterocycles. The van der Waals surface area contributed by atoms with Gasteiger partial charge in [0.25, 0.3) is 0 Å². The number of ether oxygens (including phenoxy) is 8. The van der Waals surface area contributed by atoms with Crippen LogP contribution in [0, 0.1) is 11.8 Å². The van der Waals surface area contributed by atoms with Gasteiger partial charge in [-0.15, -0.1) is 0 Å². The van der Waals surface area contributed by atoms with Gasteiger partial charge in [0.15, 0.2) is 18.7 Å². The van der Waals surface area contributed by atoms with Crippen molar-refractivity contribution in [2.24, 2.45) is 11.8 Å². The zero-order valence-electron chi connectivity index (χ0n) is 35.9. The predicted molar refractivity (Wildman–Crippen MR) is 210 cm³/mol. The number of rotatable bonds is 13. The van der Waals surface area contributed by atoms with E-state index in [0.29, 0.717) is 12.8 Å². The summed E-state index contributed by atoms with van der Waals surface area (Å²) in [5.74, 6) is -2.79. The first kappa shape index (κ1) is 49.6. The SMILES string of the molecule is CCCC(=O)O[C@@H]1[C@H](C)O[C@H](O[C@H]2[C@@H](N(C)C)[C@H](O)[C@@H](O[C@H]3[C@@H](CC=O)C[C@@H](C)[C@@H](O)/C=C/C=C/C[C@@H](C)OC(=O)C[C@@H](OC(=O)CC)[C@@H]3OC)O[C@@H]2C)C[C@@]1(C)O. The van der Waals surface area contributed by atoms with Gasteiger partial charge in [-0.05, 0) is 66.5 Å². The van der Waals surface area contributed by atoms with Crippen molar-refractivity contribution in [1.82, 2.24) is 4.90 Å². The molecule has 2 fully saturated rings. The number of methoxy groups -OCH3 is 1. The fourth-order valence-electron chi connectivity index (χ4n) is 8.00. The van der Waals surface area contributed by atoms with Gasteiger partial charge >= 0.3 is 17.9 Å². The molecule has 16 nitrogen and oxygen atoms in total. The second-order valence-electron chi connectivity index (χ2n) is 16.3. The number of carbonyl (C=O) groups is 4. The Hall–Kier alpha value is -2.80. The number of hydrogen-bond donors (Lipinski definition) is 3. The molecule has 0 aromatic heterocycles. The van der Waals surface area contributed by atoms with Crippen LogP contribution in [0.4, 0.5) is 0 Å². The summed E-state index contributed by atoms with van der Waals surface area (Å²) in [4.78, 5) is 52.5. The summed E-state index contributed by atoms with van der Waals surface area (Å²) >= 11 is 0. The summed E-state index contributed by atoms with van der Waals surface area (Å²) in [5, 5.41) is 34.6. The fraction of sp³-hybridized carbons (Fsp3) is 0.810. The molecule has 332 valence electrons. The summed E-state index contributed by atoms with van der Waals surface area (Å²) in [5.41, 5.74) is -1.49. The van der Waals surface area contributed by atoms with Gasteiger partial charge in [0.2, 0.25) is 0 Å². The average molecular weight is 828 g/mol. The molecule has 3 N–H and O–H groups in total. The Morgan fingerprint density at radius 3 is 2.29 bits per heavy atom. The van der Waals surface area contributed by atoms with Crippen LogP contribution in [0.3, 0.4) is 0 Å². The molecule has 0 bridgehead atoms. The summed E-state index contributed by atoms with van der Waals surface area (Å²) in [6.07, 6.45) is -3.41. The van der Waals surface area contributed by atoms with Crippen LogP contribution in [-0.4, -0.2) is 151 Å². The van der Waals surface area contributed by atoms with E-state index in [1.54, 1.807) is 71.8 Å². The van der Waals surface area contributed by atoms with E-state index in [2.05, 4.69) is 0 Å². The number of esters is 3. The maximum absolute atomic E-state index is 13.3. The van der Waals surface area contributed by atoms with E-state index in [1.807, 2.05) is 19.9 Å². The van der Waals surface area contributed by atoms with Crippen molar-refractivity contribution in [3.63, 3.8) is 0 Å². The largest absolute Gasteiger partial charge is 0.462 e. The molecular formula is C42H69NO15. The molecule has 16 atom stereocenters. The van der Waals surface area contributed by atoms with Gasteiger partial charge in [0, 0.05) is 39.2 Å². The Morgan fingerprint density at radius 1 is 0.983 bits per heavy atom. The lowest BCUT2D eigenvalue weighted by atomic mass is 9.82. The molecule has 3 heterocycles. The third-order valence-corrected chi connectivity index (χ3v) is 11.1. The highest BCUT2D eigenvalue weighted by atomic mass is 16.7. The first-order valence-corrected chi connectivity index (χ1v) is 20.6. The molecule has 0 amide bonds. The van der Waals surface area contributed by atoms with Gasteiger partial charge in [-0.3, -0.25) is 14.4 Å². The quantitative estimate of drug-likeness (QED) is 0.139. The minimum Gasteiger partial charge on any atom is -0.462 e. The van der Waals surface area contributed by atoms with E-state index in [-0.39, 0.29) is 32.1 Å². The molecule has 2 saturated heterocycles. The first-order chi connectivity index (χ1) is 27.4. The Balaban J connectivity index is 2.00. The lowest BCUT2D eigenvalue weighted by molar-refractivity contribution is -0.344. The Bertz CT molecular complexity index is 1370. The van der Waals surface area contributed by atoms with E-state index in [9.17, 15) is 34.5 Å². The van der Waals surface area contributed by atoms with E-state index < -0.39 is 121 Å². The monoisotopic (exact) mass is 827 g/mol. The summed E-state index contributed by atoms with van der Waals surface area (Å²) in [6, 6.07) is -0.779. The minimum atomic E-state index is -1.49. The fourth-order valence-corrected chi connectivity index (χ4v) is 8.00. The molecule has 0 aromatic rings. The van der Waals surface area contributed by atoms with Crippen LogP contribution in [-0.2, 0) is 57.1 Å². The number of carbonyl (C=O) groups excluding carboxylic acids is 4. The Labute approximate surface area is 343 Å². The van der Waals surface area contributed by atoms with Crippen LogP contribution in [0.25, 0.3) is 0 Å². The van der Waals surface area contributed by atoms with Crippen molar-refractivity contribution >= 4 is 24.2 Å². The van der Waals surface area contributed by atoms with Gasteiger partial charge in [0.1, 0.15) is 42.4 Å². The molecule has 3 aliphatic rings. The maximum Gasteiger partial charge on any atom is 0.309 e. The molecule has 0 unspecified atom stereocenters. The molecule has 0 aliphatic carbocycles. The number of cyclic esters (lactones) is 1. The molecule has 0 spiro atoms. The third-order valence-electron chi connectivity index (χ3n) is 11.1. The highest BCUT2D eigenvalue weighted by Crippen LogP contribution is 2.38. The minimum absolute atomic E-state index is 0.000517. The Morgan fingerprint density at radius 2 is 1.69 bits per heavy atom. The van der Waals surface area contributed by atoms with Crippen LogP contribution in [0.15, 0.2) is 24.3 Å². The van der Waals surface area contributed by atoms with Gasteiger partial charge in [-0.1, -0.05) is 45.1 Å². The van der Waals surface area contributed by atoms with Crippen molar-refractivity contribution in [1.29, 1.82) is 0 Å². The lowest BCUT2D eigenvalue weighted by Crippen LogP contribution is -2.66. The van der Waals surface area contributed by atoms with Crippen LogP contribution in [0.2, 0.25) is 0 Å². The molecule has 16 heteroatoms. The van der Waals surface area contributed by atoms with Crippen LogP contribution in [0.5, 0.6) is 0 Å². The van der Waals surface area contributed by atoms with Crippen molar-refractivity contribution < 1.29 is 72.4 Å². The number of aliphatic hydroxyl groups is 3. The van der Waals surface area contributed by atoms with Crippen LogP contribution < -0.4 is 0 Å². The van der Waals surface area contributed by atoms with E-state index >= 15 is 0 Å². The number of aliphatic hydroxyl groups excluding tert-OH is 2. The number of likely N-dealkylation sites (N-methyl/N-ethyl adjacent to an activating group) is 1. The number of hydrogen-bond acceptors (Lipinski definition) is 16. The van der Waals surface area contributed by atoms with Crippen molar-refractivity contribution in [2.45, 2.75) is 185 Å². The smallest absolute Gasteiger partial charge is 0.309 e. The van der Waals surface area contributed by atoms with E-state index in [1.165, 1.54) is 7.11 Å². The van der Waals surface area contributed by atoms with E-state index in [0.717, 1.165) is 6.29 Å². The highest BCUT2D eigenvalue weighted by Gasteiger charge is 2.53. The van der Waals surface area contributed by atoms with Crippen molar-refractivity contribution in [2.75, 3.05) is 21.2 Å². The highest BCUT2D eigenvalue weighted by molar-refractivity contribution is 5.72. The molecule has 0 aromatic carbocycles. The molecule has 3 rings (SSSR count). The molecule has 58 heavy (non-hydrogen) atoms. The van der Waals surface area contributed by atoms with Crippen molar-refractivity contribution in [3.8, 4) is 0 Å². The normalized spacial score (nSPS) is 40.6. The van der Waals surface area contributed by atoms with Gasteiger partial charge in [0.05, 0.1) is 36.9 Å². The zero-order valence-corrected chi connectivity index (χ0v) is 35.9. The lowest BCUT2D eigenvalue weighted by Gasteiger charge is -2.50. The zero-order chi connectivity index (χ0) is 43.3. The van der Waals surface area contributed by atoms with Gasteiger partial charge in [-0.2, -0.15) is 0 Å². The second kappa shape index (κ2) is 23.3. The first-order valence-electron chi connectivity index (χ1n) is 20.6. The standard InChI is InChI=1S/C42H69NO15/c1-11-16-32(47)56-40-27(6)53-34(23-42(40,7)50)57-37-26(5)54-41(36(49)35(37)43(8)9)58-38-28(19-20-44)21-24(3)29(45)18-15-13-14-17-25(4)52-33(48)22-30(39(38)51-10)55-31(46)12-2/h13-15,18,20,24-30,34-41,45,49-50H,11-12,16-17,19,21-23H2,1-10H3/b14-13+,18-15+/t24-,25-,26-,27+,28+,29+,30-,34-,35+,36+,37-,38+,39+,40-,41-,42-/m1/s1. The molecule has 0 radical (unpaired) electrons.